The van der Waals surface area contributed by atoms with Crippen LogP contribution in [0.3, 0.4) is 0 Å². The number of aromatic nitrogens is 1. The van der Waals surface area contributed by atoms with E-state index in [1.807, 2.05) is 18.2 Å². The molecule has 0 saturated carbocycles. The number of benzene rings is 2. The number of nitrogens with zero attached hydrogens (tertiary/aromatic N) is 3. The summed E-state index contributed by atoms with van der Waals surface area (Å²) in [6, 6.07) is 16.6. The lowest BCUT2D eigenvalue weighted by Gasteiger charge is -2.33. The number of ether oxygens (including phenoxy) is 1. The normalized spacial score (nSPS) is 17.4. The molecule has 5 rings (SSSR count). The second-order valence-corrected chi connectivity index (χ2v) is 13.9. The van der Waals surface area contributed by atoms with E-state index in [0.29, 0.717) is 11.1 Å². The molecule has 45 heavy (non-hydrogen) atoms. The maximum atomic E-state index is 13.4. The van der Waals surface area contributed by atoms with Gasteiger partial charge >= 0.3 is 0 Å². The molecule has 2 aliphatic rings. The molecular formula is C34H39FN4O5S. The highest BCUT2D eigenvalue weighted by molar-refractivity contribution is 7.92. The Morgan fingerprint density at radius 2 is 1.76 bits per heavy atom. The van der Waals surface area contributed by atoms with Gasteiger partial charge in [-0.1, -0.05) is 30.3 Å². The zero-order chi connectivity index (χ0) is 32.0. The molecule has 3 aromatic rings. The number of amides is 2. The molecule has 0 bridgehead atoms. The molecule has 0 spiro atoms. The molecule has 9 nitrogen and oxygen atoms in total. The van der Waals surface area contributed by atoms with Crippen LogP contribution in [0.1, 0.15) is 62.9 Å². The van der Waals surface area contributed by atoms with Crippen molar-refractivity contribution >= 4 is 21.7 Å². The van der Waals surface area contributed by atoms with Gasteiger partial charge in [0.15, 0.2) is 9.84 Å². The fourth-order valence-corrected chi connectivity index (χ4v) is 8.14. The lowest BCUT2D eigenvalue weighted by atomic mass is 10.0. The van der Waals surface area contributed by atoms with Crippen molar-refractivity contribution in [1.29, 1.82) is 0 Å². The summed E-state index contributed by atoms with van der Waals surface area (Å²) in [6.07, 6.45) is 5.01. The molecule has 11 heteroatoms. The number of hydrogen-bond acceptors (Lipinski definition) is 7. The van der Waals surface area contributed by atoms with Crippen molar-refractivity contribution in [3.05, 3.63) is 108 Å². The third-order valence-electron chi connectivity index (χ3n) is 8.67. The standard InChI is InChI=1S/C34H39FN4O5S/c1-3-32(25-7-10-27(35)11-8-25)45(42,43)30-15-19-39(20-16-30)34(41)31-12-9-26(22-36-31)33(40)37-28-13-17-38(18-14-28)23-24-5-4-6-29(21-24)44-2/h3-12,21-22,28,30,32H,1,13-20,23H2,2H3,(H,37,40). The largest absolute Gasteiger partial charge is 0.497 e. The van der Waals surface area contributed by atoms with Crippen LogP contribution in [0, 0.1) is 5.82 Å². The number of sulfone groups is 1. The van der Waals surface area contributed by atoms with E-state index >= 15 is 0 Å². The second kappa shape index (κ2) is 14.3. The van der Waals surface area contributed by atoms with Crippen molar-refractivity contribution in [3.8, 4) is 5.75 Å². The average molecular weight is 635 g/mol. The van der Waals surface area contributed by atoms with E-state index in [9.17, 15) is 22.4 Å². The van der Waals surface area contributed by atoms with Crippen molar-refractivity contribution in [2.24, 2.45) is 0 Å². The highest BCUT2D eigenvalue weighted by atomic mass is 32.2. The maximum absolute atomic E-state index is 13.4. The molecule has 238 valence electrons. The maximum Gasteiger partial charge on any atom is 0.272 e. The molecule has 1 unspecified atom stereocenters. The lowest BCUT2D eigenvalue weighted by molar-refractivity contribution is 0.0718. The van der Waals surface area contributed by atoms with Crippen molar-refractivity contribution in [1.82, 2.24) is 20.1 Å². The molecule has 2 aliphatic heterocycles. The van der Waals surface area contributed by atoms with Gasteiger partial charge in [0.05, 0.1) is 17.9 Å². The van der Waals surface area contributed by atoms with Gasteiger partial charge in [0.2, 0.25) is 0 Å². The van der Waals surface area contributed by atoms with Gasteiger partial charge < -0.3 is 15.0 Å². The predicted octanol–water partition coefficient (Wildman–Crippen LogP) is 4.57. The molecule has 3 heterocycles. The van der Waals surface area contributed by atoms with Crippen LogP contribution >= 0.6 is 0 Å². The summed E-state index contributed by atoms with van der Waals surface area (Å²) < 4.78 is 45.4. The Labute approximate surface area is 264 Å². The number of piperidine rings is 2. The third-order valence-corrected chi connectivity index (χ3v) is 11.2. The minimum absolute atomic E-state index is 0.0571. The van der Waals surface area contributed by atoms with Crippen molar-refractivity contribution < 1.29 is 27.1 Å². The number of halogens is 1. The number of carbonyl (C=O) groups excluding carboxylic acids is 2. The summed E-state index contributed by atoms with van der Waals surface area (Å²) in [5.41, 5.74) is 2.24. The smallest absolute Gasteiger partial charge is 0.272 e. The minimum atomic E-state index is -3.65. The summed E-state index contributed by atoms with van der Waals surface area (Å²) in [6.45, 7) is 6.78. The Bertz CT molecular complexity index is 1600. The van der Waals surface area contributed by atoms with E-state index in [1.54, 1.807) is 24.1 Å². The van der Waals surface area contributed by atoms with Crippen LogP contribution in [-0.2, 0) is 16.4 Å². The third kappa shape index (κ3) is 7.77. The summed E-state index contributed by atoms with van der Waals surface area (Å²) in [4.78, 5) is 34.3. The summed E-state index contributed by atoms with van der Waals surface area (Å²) >= 11 is 0. The number of hydrogen-bond donors (Lipinski definition) is 1. The van der Waals surface area contributed by atoms with Crippen LogP contribution in [0.15, 0.2) is 79.5 Å². The van der Waals surface area contributed by atoms with E-state index in [0.717, 1.165) is 38.2 Å². The zero-order valence-corrected chi connectivity index (χ0v) is 26.2. The molecular weight excluding hydrogens is 595 g/mol. The molecule has 1 aromatic heterocycles. The average Bonchev–Trinajstić information content (AvgIpc) is 3.06. The number of rotatable bonds is 10. The Morgan fingerprint density at radius 1 is 1.04 bits per heavy atom. The van der Waals surface area contributed by atoms with Gasteiger partial charge in [-0.25, -0.2) is 12.8 Å². The van der Waals surface area contributed by atoms with Crippen LogP contribution in [0.25, 0.3) is 0 Å². The number of nitrogens with one attached hydrogen (secondary N) is 1. The molecule has 0 radical (unpaired) electrons. The topological polar surface area (TPSA) is 109 Å². The molecule has 2 saturated heterocycles. The Balaban J connectivity index is 1.09. The monoisotopic (exact) mass is 634 g/mol. The molecule has 2 amide bonds. The highest BCUT2D eigenvalue weighted by Crippen LogP contribution is 2.32. The van der Waals surface area contributed by atoms with Gasteiger partial charge in [-0.2, -0.15) is 0 Å². The first kappa shape index (κ1) is 32.3. The molecule has 1 N–H and O–H groups in total. The van der Waals surface area contributed by atoms with E-state index < -0.39 is 26.2 Å². The Hall–Kier alpha value is -4.09. The fraction of sp³-hybridized carbons (Fsp3) is 0.382. The summed E-state index contributed by atoms with van der Waals surface area (Å²) in [7, 11) is -1.99. The van der Waals surface area contributed by atoms with Crippen LogP contribution in [0.2, 0.25) is 0 Å². The van der Waals surface area contributed by atoms with Crippen LogP contribution in [0.5, 0.6) is 5.75 Å². The molecule has 2 aromatic carbocycles. The van der Waals surface area contributed by atoms with Gasteiger partial charge in [-0.3, -0.25) is 19.5 Å². The fourth-order valence-electron chi connectivity index (χ4n) is 6.06. The first-order valence-corrected chi connectivity index (χ1v) is 16.8. The Morgan fingerprint density at radius 3 is 2.38 bits per heavy atom. The van der Waals surface area contributed by atoms with E-state index in [4.69, 9.17) is 4.74 Å². The molecule has 0 aliphatic carbocycles. The van der Waals surface area contributed by atoms with Gasteiger partial charge in [-0.05, 0) is 73.2 Å². The summed E-state index contributed by atoms with van der Waals surface area (Å²) in [5.74, 6) is -0.129. The SMILES string of the molecule is C=CC(c1ccc(F)cc1)S(=O)(=O)C1CCN(C(=O)c2ccc(C(=O)NC3CCN(Cc4cccc(OC)c4)CC3)cn2)CC1. The van der Waals surface area contributed by atoms with E-state index in [1.165, 1.54) is 42.1 Å². The first-order chi connectivity index (χ1) is 21.7. The number of methoxy groups -OCH3 is 1. The number of likely N-dealkylation sites (tertiary alicyclic amines) is 2. The highest BCUT2D eigenvalue weighted by Gasteiger charge is 2.37. The molecule has 2 fully saturated rings. The van der Waals surface area contributed by atoms with Gasteiger partial charge in [0.25, 0.3) is 11.8 Å². The van der Waals surface area contributed by atoms with Gasteiger partial charge in [0.1, 0.15) is 22.5 Å². The summed E-state index contributed by atoms with van der Waals surface area (Å²) in [5, 5.41) is 1.50. The van der Waals surface area contributed by atoms with Gasteiger partial charge in [0, 0.05) is 45.0 Å². The Kier molecular flexibility index (Phi) is 10.3. The van der Waals surface area contributed by atoms with E-state index in [-0.39, 0.29) is 49.5 Å². The zero-order valence-electron chi connectivity index (χ0n) is 25.4. The predicted molar refractivity (Wildman–Crippen MR) is 170 cm³/mol. The first-order valence-electron chi connectivity index (χ1n) is 15.2. The lowest BCUT2D eigenvalue weighted by Crippen LogP contribution is -2.44. The van der Waals surface area contributed by atoms with E-state index in [2.05, 4.69) is 27.8 Å². The van der Waals surface area contributed by atoms with Crippen molar-refractivity contribution in [3.63, 3.8) is 0 Å². The van der Waals surface area contributed by atoms with Crippen LogP contribution in [-0.4, -0.2) is 79.6 Å². The van der Waals surface area contributed by atoms with Gasteiger partial charge in [-0.15, -0.1) is 6.58 Å². The quantitative estimate of drug-likeness (QED) is 0.326. The van der Waals surface area contributed by atoms with Crippen molar-refractivity contribution in [2.75, 3.05) is 33.3 Å². The van der Waals surface area contributed by atoms with Crippen LogP contribution in [0.4, 0.5) is 4.39 Å². The minimum Gasteiger partial charge on any atom is -0.497 e. The van der Waals surface area contributed by atoms with Crippen molar-refractivity contribution in [2.45, 2.75) is 48.8 Å². The number of pyridine rings is 1. The second-order valence-electron chi connectivity index (χ2n) is 11.6. The number of carbonyl (C=O) groups is 2. The van der Waals surface area contributed by atoms with Crippen LogP contribution < -0.4 is 10.1 Å². The molecule has 1 atom stereocenters.